The summed E-state index contributed by atoms with van der Waals surface area (Å²) in [7, 11) is -3.59. The summed E-state index contributed by atoms with van der Waals surface area (Å²) >= 11 is 0. The number of aromatic nitrogens is 2. The number of hydrogen-bond donors (Lipinski definition) is 2. The third-order valence-corrected chi connectivity index (χ3v) is 4.63. The van der Waals surface area contributed by atoms with Gasteiger partial charge in [0.05, 0.1) is 6.33 Å². The van der Waals surface area contributed by atoms with E-state index in [2.05, 4.69) is 9.71 Å². The van der Waals surface area contributed by atoms with Gasteiger partial charge in [0.1, 0.15) is 23.0 Å². The van der Waals surface area contributed by atoms with Crippen LogP contribution in [0.15, 0.2) is 34.1 Å². The lowest BCUT2D eigenvalue weighted by atomic mass is 10.3. The van der Waals surface area contributed by atoms with E-state index >= 15 is 0 Å². The summed E-state index contributed by atoms with van der Waals surface area (Å²) in [4.78, 5) is 4.03. The maximum Gasteiger partial charge on any atom is 0.244 e. The molecule has 8 heteroatoms. The third-order valence-electron chi connectivity index (χ3n) is 3.06. The molecule has 21 heavy (non-hydrogen) atoms. The van der Waals surface area contributed by atoms with Gasteiger partial charge in [0.25, 0.3) is 0 Å². The van der Waals surface area contributed by atoms with Crippen molar-refractivity contribution in [3.8, 4) is 0 Å². The lowest BCUT2D eigenvalue weighted by Gasteiger charge is -2.06. The Labute approximate surface area is 123 Å². The molecule has 0 radical (unpaired) electrons. The van der Waals surface area contributed by atoms with E-state index in [0.717, 1.165) is 19.4 Å². The zero-order valence-electron chi connectivity index (χ0n) is 11.8. The molecule has 0 bridgehead atoms. The van der Waals surface area contributed by atoms with Gasteiger partial charge in [-0.25, -0.2) is 18.1 Å². The van der Waals surface area contributed by atoms with Crippen molar-refractivity contribution in [2.24, 2.45) is 0 Å². The topological polar surface area (TPSA) is 97.4 Å². The first-order valence-electron chi connectivity index (χ1n) is 6.68. The third kappa shape index (κ3) is 4.16. The van der Waals surface area contributed by atoms with Gasteiger partial charge in [0.15, 0.2) is 0 Å². The minimum Gasteiger partial charge on any atom is -0.462 e. The normalized spacial score (nSPS) is 11.9. The van der Waals surface area contributed by atoms with Gasteiger partial charge in [-0.2, -0.15) is 0 Å². The van der Waals surface area contributed by atoms with E-state index in [0.29, 0.717) is 6.54 Å². The Kier molecular flexibility index (Phi) is 5.16. The van der Waals surface area contributed by atoms with E-state index in [1.54, 1.807) is 19.4 Å². The van der Waals surface area contributed by atoms with Crippen molar-refractivity contribution in [1.29, 1.82) is 0 Å². The number of furan rings is 1. The molecule has 2 aromatic heterocycles. The number of aliphatic hydroxyl groups is 1. The van der Waals surface area contributed by atoms with Crippen LogP contribution in [-0.4, -0.2) is 29.6 Å². The average molecular weight is 313 g/mol. The summed E-state index contributed by atoms with van der Waals surface area (Å²) in [5.74, 6) is 0.526. The predicted molar refractivity (Wildman–Crippen MR) is 76.0 cm³/mol. The van der Waals surface area contributed by atoms with Crippen molar-refractivity contribution in [1.82, 2.24) is 14.3 Å². The lowest BCUT2D eigenvalue weighted by molar-refractivity contribution is 0.244. The van der Waals surface area contributed by atoms with Crippen molar-refractivity contribution in [2.75, 3.05) is 6.54 Å². The standard InChI is InChI=1S/C13H19N3O4S/c1-11-13(8-12(9-17)20-11)21(18,19)15-4-2-3-6-16-7-5-14-10-16/h5,7-8,10,15,17H,2-4,6,9H2,1H3. The van der Waals surface area contributed by atoms with Crippen LogP contribution < -0.4 is 4.72 Å². The number of nitrogens with zero attached hydrogens (tertiary/aromatic N) is 2. The Morgan fingerprint density at radius 2 is 2.24 bits per heavy atom. The van der Waals surface area contributed by atoms with Gasteiger partial charge in [-0.15, -0.1) is 0 Å². The Bertz CT molecular complexity index is 662. The minimum absolute atomic E-state index is 0.0844. The first kappa shape index (κ1) is 15.7. The largest absolute Gasteiger partial charge is 0.462 e. The Balaban J connectivity index is 1.82. The highest BCUT2D eigenvalue weighted by atomic mass is 32.2. The van der Waals surface area contributed by atoms with E-state index in [-0.39, 0.29) is 23.0 Å². The van der Waals surface area contributed by atoms with Gasteiger partial charge < -0.3 is 14.1 Å². The summed E-state index contributed by atoms with van der Waals surface area (Å²) < 4.78 is 33.8. The quantitative estimate of drug-likeness (QED) is 0.710. The summed E-state index contributed by atoms with van der Waals surface area (Å²) in [6.45, 7) is 2.41. The molecule has 2 aromatic rings. The molecule has 0 aliphatic heterocycles. The maximum atomic E-state index is 12.1. The van der Waals surface area contributed by atoms with Gasteiger partial charge in [0, 0.05) is 31.5 Å². The molecule has 2 rings (SSSR count). The summed E-state index contributed by atoms with van der Waals surface area (Å²) in [5, 5.41) is 8.96. The van der Waals surface area contributed by atoms with Crippen LogP contribution in [-0.2, 0) is 23.2 Å². The number of rotatable bonds is 8. The first-order valence-corrected chi connectivity index (χ1v) is 8.17. The van der Waals surface area contributed by atoms with E-state index in [4.69, 9.17) is 9.52 Å². The zero-order chi connectivity index (χ0) is 15.3. The Morgan fingerprint density at radius 3 is 2.86 bits per heavy atom. The van der Waals surface area contributed by atoms with Crippen LogP contribution in [0.1, 0.15) is 24.4 Å². The van der Waals surface area contributed by atoms with Crippen molar-refractivity contribution < 1.29 is 17.9 Å². The van der Waals surface area contributed by atoms with Gasteiger partial charge >= 0.3 is 0 Å². The Morgan fingerprint density at radius 1 is 1.43 bits per heavy atom. The van der Waals surface area contributed by atoms with Crippen LogP contribution in [0.2, 0.25) is 0 Å². The molecule has 0 saturated heterocycles. The summed E-state index contributed by atoms with van der Waals surface area (Å²) in [6, 6.07) is 1.35. The molecular weight excluding hydrogens is 294 g/mol. The van der Waals surface area contributed by atoms with Gasteiger partial charge in [-0.1, -0.05) is 0 Å². The maximum absolute atomic E-state index is 12.1. The van der Waals surface area contributed by atoms with Gasteiger partial charge in [-0.05, 0) is 19.8 Å². The van der Waals surface area contributed by atoms with Crippen molar-refractivity contribution in [3.63, 3.8) is 0 Å². The fraction of sp³-hybridized carbons (Fsp3) is 0.462. The number of unbranched alkanes of at least 4 members (excludes halogenated alkanes) is 1. The number of hydrogen-bond acceptors (Lipinski definition) is 5. The number of aliphatic hydroxyl groups excluding tert-OH is 1. The molecule has 116 valence electrons. The molecule has 0 unspecified atom stereocenters. The van der Waals surface area contributed by atoms with Crippen LogP contribution in [0.4, 0.5) is 0 Å². The van der Waals surface area contributed by atoms with Crippen LogP contribution in [0, 0.1) is 6.92 Å². The molecule has 2 N–H and O–H groups in total. The molecule has 0 spiro atoms. The first-order chi connectivity index (χ1) is 10.0. The summed E-state index contributed by atoms with van der Waals surface area (Å²) in [5.41, 5.74) is 0. The SMILES string of the molecule is Cc1oc(CO)cc1S(=O)(=O)NCCCCn1ccnc1. The van der Waals surface area contributed by atoms with E-state index in [1.165, 1.54) is 6.07 Å². The fourth-order valence-corrected chi connectivity index (χ4v) is 3.27. The second-order valence-electron chi connectivity index (χ2n) is 4.70. The average Bonchev–Trinajstić information content (AvgIpc) is 3.07. The molecular formula is C13H19N3O4S. The van der Waals surface area contributed by atoms with E-state index in [9.17, 15) is 8.42 Å². The van der Waals surface area contributed by atoms with Crippen LogP contribution in [0.5, 0.6) is 0 Å². The molecule has 7 nitrogen and oxygen atoms in total. The zero-order valence-corrected chi connectivity index (χ0v) is 12.6. The fourth-order valence-electron chi connectivity index (χ4n) is 1.99. The lowest BCUT2D eigenvalue weighted by Crippen LogP contribution is -2.25. The highest BCUT2D eigenvalue weighted by molar-refractivity contribution is 7.89. The Hall–Kier alpha value is -1.64. The molecule has 0 fully saturated rings. The van der Waals surface area contributed by atoms with Crippen molar-refractivity contribution in [2.45, 2.75) is 37.8 Å². The molecule has 0 aliphatic carbocycles. The molecule has 0 aliphatic rings. The van der Waals surface area contributed by atoms with Gasteiger partial charge in [-0.3, -0.25) is 0 Å². The highest BCUT2D eigenvalue weighted by Crippen LogP contribution is 2.19. The van der Waals surface area contributed by atoms with E-state index in [1.807, 2.05) is 10.8 Å². The smallest absolute Gasteiger partial charge is 0.244 e. The molecule has 0 amide bonds. The second kappa shape index (κ2) is 6.88. The van der Waals surface area contributed by atoms with Crippen LogP contribution in [0.3, 0.4) is 0 Å². The van der Waals surface area contributed by atoms with Gasteiger partial charge in [0.2, 0.25) is 10.0 Å². The monoisotopic (exact) mass is 313 g/mol. The molecule has 0 atom stereocenters. The highest BCUT2D eigenvalue weighted by Gasteiger charge is 2.20. The number of nitrogens with one attached hydrogen (secondary N) is 1. The van der Waals surface area contributed by atoms with Crippen molar-refractivity contribution in [3.05, 3.63) is 36.3 Å². The van der Waals surface area contributed by atoms with Crippen LogP contribution >= 0.6 is 0 Å². The summed E-state index contributed by atoms with van der Waals surface area (Å²) in [6.07, 6.45) is 6.89. The molecule has 0 aromatic carbocycles. The van der Waals surface area contributed by atoms with Crippen molar-refractivity contribution >= 4 is 10.0 Å². The second-order valence-corrected chi connectivity index (χ2v) is 6.43. The number of sulfonamides is 1. The number of imidazole rings is 1. The van der Waals surface area contributed by atoms with E-state index < -0.39 is 10.0 Å². The molecule has 2 heterocycles. The molecule has 0 saturated carbocycles. The minimum atomic E-state index is -3.59. The number of aryl methyl sites for hydroxylation is 2. The predicted octanol–water partition coefficient (Wildman–Crippen LogP) is 1.04. The van der Waals surface area contributed by atoms with Crippen LogP contribution in [0.25, 0.3) is 0 Å².